The molecule has 1 aromatic carbocycles. The first-order valence-corrected chi connectivity index (χ1v) is 7.68. The molecule has 1 aliphatic carbocycles. The lowest BCUT2D eigenvalue weighted by Gasteiger charge is -2.27. The Labute approximate surface area is 134 Å². The Hall–Kier alpha value is -1.25. The molecule has 0 spiro atoms. The van der Waals surface area contributed by atoms with E-state index in [-0.39, 0.29) is 11.2 Å². The van der Waals surface area contributed by atoms with Gasteiger partial charge in [0.25, 0.3) is 0 Å². The van der Waals surface area contributed by atoms with Crippen molar-refractivity contribution in [1.29, 1.82) is 0 Å². The van der Waals surface area contributed by atoms with Gasteiger partial charge in [-0.3, -0.25) is 4.79 Å². The highest BCUT2D eigenvalue weighted by Gasteiger charge is 2.35. The summed E-state index contributed by atoms with van der Waals surface area (Å²) in [5.41, 5.74) is 2.40. The Balaban J connectivity index is 2.00. The monoisotopic (exact) mass is 322 g/mol. The highest BCUT2D eigenvalue weighted by atomic mass is 35.5. The van der Waals surface area contributed by atoms with E-state index in [2.05, 4.69) is 13.8 Å². The maximum atomic E-state index is 12.4. The van der Waals surface area contributed by atoms with Gasteiger partial charge in [0.1, 0.15) is 5.76 Å². The molecule has 4 heteroatoms. The van der Waals surface area contributed by atoms with Crippen LogP contribution in [0.2, 0.25) is 10.0 Å². The molecular formula is C17H16Cl2O2. The van der Waals surface area contributed by atoms with Gasteiger partial charge in [0.05, 0.1) is 11.8 Å². The SMILES string of the molecule is CC1(C)CC(=O)c2c(Cc3c(Cl)cccc3Cl)coc2C1. The van der Waals surface area contributed by atoms with Crippen LogP contribution in [0.25, 0.3) is 0 Å². The van der Waals surface area contributed by atoms with Crippen LogP contribution in [0.4, 0.5) is 0 Å². The van der Waals surface area contributed by atoms with Crippen LogP contribution in [0.1, 0.15) is 47.5 Å². The number of furan rings is 1. The van der Waals surface area contributed by atoms with E-state index >= 15 is 0 Å². The molecule has 2 nitrogen and oxygen atoms in total. The van der Waals surface area contributed by atoms with Gasteiger partial charge in [-0.25, -0.2) is 0 Å². The highest BCUT2D eigenvalue weighted by Crippen LogP contribution is 2.38. The van der Waals surface area contributed by atoms with Gasteiger partial charge < -0.3 is 4.42 Å². The Morgan fingerprint density at radius 1 is 1.19 bits per heavy atom. The van der Waals surface area contributed by atoms with E-state index in [0.717, 1.165) is 28.9 Å². The van der Waals surface area contributed by atoms with E-state index in [1.807, 2.05) is 6.07 Å². The molecule has 0 saturated heterocycles. The fourth-order valence-electron chi connectivity index (χ4n) is 2.95. The minimum atomic E-state index is -0.0404. The van der Waals surface area contributed by atoms with Gasteiger partial charge in [-0.15, -0.1) is 0 Å². The van der Waals surface area contributed by atoms with E-state index in [4.69, 9.17) is 27.6 Å². The maximum absolute atomic E-state index is 12.4. The van der Waals surface area contributed by atoms with E-state index in [0.29, 0.717) is 22.9 Å². The van der Waals surface area contributed by atoms with Gasteiger partial charge in [-0.1, -0.05) is 43.1 Å². The Kier molecular flexibility index (Phi) is 3.62. The lowest BCUT2D eigenvalue weighted by molar-refractivity contribution is 0.0903. The zero-order valence-electron chi connectivity index (χ0n) is 12.0. The number of hydrogen-bond acceptors (Lipinski definition) is 2. The minimum absolute atomic E-state index is 0.0404. The first kappa shape index (κ1) is 14.7. The van der Waals surface area contributed by atoms with Crippen molar-refractivity contribution in [2.45, 2.75) is 33.1 Å². The molecule has 0 unspecified atom stereocenters. The van der Waals surface area contributed by atoms with Crippen molar-refractivity contribution in [2.75, 3.05) is 0 Å². The topological polar surface area (TPSA) is 30.2 Å². The molecule has 110 valence electrons. The van der Waals surface area contributed by atoms with Crippen molar-refractivity contribution in [3.05, 3.63) is 57.0 Å². The lowest BCUT2D eigenvalue weighted by atomic mass is 9.75. The summed E-state index contributed by atoms with van der Waals surface area (Å²) >= 11 is 12.4. The third-order valence-corrected chi connectivity index (χ3v) is 4.64. The van der Waals surface area contributed by atoms with E-state index in [1.165, 1.54) is 0 Å². The number of benzene rings is 1. The lowest BCUT2D eigenvalue weighted by Crippen LogP contribution is -2.26. The van der Waals surface area contributed by atoms with Crippen LogP contribution >= 0.6 is 23.2 Å². The molecule has 0 atom stereocenters. The number of rotatable bonds is 2. The average Bonchev–Trinajstić information content (AvgIpc) is 2.75. The smallest absolute Gasteiger partial charge is 0.167 e. The summed E-state index contributed by atoms with van der Waals surface area (Å²) in [4.78, 5) is 12.4. The molecule has 1 heterocycles. The molecule has 21 heavy (non-hydrogen) atoms. The van der Waals surface area contributed by atoms with Crippen molar-refractivity contribution in [1.82, 2.24) is 0 Å². The molecule has 0 radical (unpaired) electrons. The summed E-state index contributed by atoms with van der Waals surface area (Å²) in [7, 11) is 0. The van der Waals surface area contributed by atoms with Gasteiger partial charge in [-0.05, 0) is 23.1 Å². The predicted octanol–water partition coefficient (Wildman–Crippen LogP) is 5.33. The number of carbonyl (C=O) groups is 1. The number of carbonyl (C=O) groups excluding carboxylic acids is 1. The fourth-order valence-corrected chi connectivity index (χ4v) is 3.48. The number of ketones is 1. The third-order valence-electron chi connectivity index (χ3n) is 3.93. The molecule has 1 aromatic heterocycles. The maximum Gasteiger partial charge on any atom is 0.167 e. The molecule has 0 amide bonds. The first-order valence-electron chi connectivity index (χ1n) is 6.93. The summed E-state index contributed by atoms with van der Waals surface area (Å²) in [5, 5.41) is 1.22. The van der Waals surface area contributed by atoms with Crippen LogP contribution in [0.5, 0.6) is 0 Å². The van der Waals surface area contributed by atoms with Gasteiger partial charge in [-0.2, -0.15) is 0 Å². The quantitative estimate of drug-likeness (QED) is 0.747. The molecule has 3 rings (SSSR count). The summed E-state index contributed by atoms with van der Waals surface area (Å²) < 4.78 is 5.64. The molecule has 0 fully saturated rings. The summed E-state index contributed by atoms with van der Waals surface area (Å²) in [6, 6.07) is 5.42. The largest absolute Gasteiger partial charge is 0.468 e. The first-order chi connectivity index (χ1) is 9.87. The number of hydrogen-bond donors (Lipinski definition) is 0. The summed E-state index contributed by atoms with van der Waals surface area (Å²) in [5.74, 6) is 0.933. The van der Waals surface area contributed by atoms with Crippen LogP contribution in [-0.2, 0) is 12.8 Å². The zero-order valence-corrected chi connectivity index (χ0v) is 13.5. The average molecular weight is 323 g/mol. The van der Waals surface area contributed by atoms with Crippen LogP contribution < -0.4 is 0 Å². The molecular weight excluding hydrogens is 307 g/mol. The second-order valence-electron chi connectivity index (χ2n) is 6.38. The number of halogens is 2. The summed E-state index contributed by atoms with van der Waals surface area (Å²) in [6.45, 7) is 4.17. The Morgan fingerprint density at radius 3 is 2.52 bits per heavy atom. The van der Waals surface area contributed by atoms with Crippen molar-refractivity contribution in [3.8, 4) is 0 Å². The van der Waals surface area contributed by atoms with Crippen LogP contribution in [0.3, 0.4) is 0 Å². The van der Waals surface area contributed by atoms with E-state index in [9.17, 15) is 4.79 Å². The second kappa shape index (κ2) is 5.19. The fraction of sp³-hybridized carbons (Fsp3) is 0.353. The Bertz CT molecular complexity index is 693. The normalized spacial score (nSPS) is 16.9. The second-order valence-corrected chi connectivity index (χ2v) is 7.19. The minimum Gasteiger partial charge on any atom is -0.468 e. The molecule has 0 bridgehead atoms. The number of fused-ring (bicyclic) bond motifs is 1. The summed E-state index contributed by atoms with van der Waals surface area (Å²) in [6.07, 6.45) is 3.51. The standard InChI is InChI=1S/C17H16Cl2O2/c1-17(2)7-14(20)16-10(9-21-15(16)8-17)6-11-12(18)4-3-5-13(11)19/h3-5,9H,6-8H2,1-2H3. The van der Waals surface area contributed by atoms with Gasteiger partial charge in [0.15, 0.2) is 5.78 Å². The van der Waals surface area contributed by atoms with Gasteiger partial charge in [0, 0.05) is 34.9 Å². The molecule has 0 N–H and O–H groups in total. The molecule has 0 saturated carbocycles. The molecule has 0 aliphatic heterocycles. The predicted molar refractivity (Wildman–Crippen MR) is 84.4 cm³/mol. The van der Waals surface area contributed by atoms with Crippen molar-refractivity contribution in [2.24, 2.45) is 5.41 Å². The molecule has 2 aromatic rings. The highest BCUT2D eigenvalue weighted by molar-refractivity contribution is 6.36. The van der Waals surface area contributed by atoms with Crippen molar-refractivity contribution >= 4 is 29.0 Å². The van der Waals surface area contributed by atoms with Gasteiger partial charge in [0.2, 0.25) is 0 Å². The van der Waals surface area contributed by atoms with Crippen molar-refractivity contribution < 1.29 is 9.21 Å². The van der Waals surface area contributed by atoms with E-state index < -0.39 is 0 Å². The van der Waals surface area contributed by atoms with Crippen LogP contribution in [0, 0.1) is 5.41 Å². The van der Waals surface area contributed by atoms with Gasteiger partial charge >= 0.3 is 0 Å². The molecule has 1 aliphatic rings. The van der Waals surface area contributed by atoms with E-state index in [1.54, 1.807) is 18.4 Å². The Morgan fingerprint density at radius 2 is 1.86 bits per heavy atom. The number of Topliss-reactive ketones (excluding diaryl/α,β-unsaturated/α-hetero) is 1. The van der Waals surface area contributed by atoms with Crippen LogP contribution in [-0.4, -0.2) is 5.78 Å². The zero-order chi connectivity index (χ0) is 15.2. The third kappa shape index (κ3) is 2.75. The van der Waals surface area contributed by atoms with Crippen LogP contribution in [0.15, 0.2) is 28.9 Å². The van der Waals surface area contributed by atoms with Crippen molar-refractivity contribution in [3.63, 3.8) is 0 Å².